The molecule has 0 unspecified atom stereocenters. The largest absolute Gasteiger partial charge is 0.484 e. The second-order valence-electron chi connectivity index (χ2n) is 5.60. The van der Waals surface area contributed by atoms with E-state index in [1.807, 2.05) is 30.3 Å². The van der Waals surface area contributed by atoms with Crippen LogP contribution in [0.5, 0.6) is 5.75 Å². The van der Waals surface area contributed by atoms with Crippen molar-refractivity contribution in [2.24, 2.45) is 5.73 Å². The molecule has 3 N–H and O–H groups in total. The van der Waals surface area contributed by atoms with Gasteiger partial charge in [0, 0.05) is 5.56 Å². The first-order valence-corrected chi connectivity index (χ1v) is 7.82. The maximum absolute atomic E-state index is 12.0. The Morgan fingerprint density at radius 2 is 1.68 bits per heavy atom. The van der Waals surface area contributed by atoms with Gasteiger partial charge < -0.3 is 15.8 Å². The zero-order chi connectivity index (χ0) is 18.2. The van der Waals surface area contributed by atoms with E-state index in [0.717, 1.165) is 5.56 Å². The van der Waals surface area contributed by atoms with Crippen molar-refractivity contribution in [2.45, 2.75) is 19.4 Å². The van der Waals surface area contributed by atoms with Crippen LogP contribution < -0.4 is 15.8 Å². The number of benzene rings is 2. The molecular weight excluding hydrogens is 320 g/mol. The first kappa shape index (κ1) is 18.2. The fourth-order valence-electron chi connectivity index (χ4n) is 2.25. The van der Waals surface area contributed by atoms with Gasteiger partial charge in [0.2, 0.25) is 5.91 Å². The van der Waals surface area contributed by atoms with Crippen LogP contribution in [0, 0.1) is 0 Å². The average molecular weight is 340 g/mol. The van der Waals surface area contributed by atoms with Crippen LogP contribution in [0.4, 0.5) is 0 Å². The fraction of sp³-hybridized carbons (Fsp3) is 0.211. The summed E-state index contributed by atoms with van der Waals surface area (Å²) in [5, 5.41) is 2.68. The molecule has 0 radical (unpaired) electrons. The molecule has 2 aromatic carbocycles. The van der Waals surface area contributed by atoms with Crippen molar-refractivity contribution in [1.82, 2.24) is 5.32 Å². The van der Waals surface area contributed by atoms with Gasteiger partial charge in [-0.15, -0.1) is 0 Å². The number of hydrogen-bond acceptors (Lipinski definition) is 4. The summed E-state index contributed by atoms with van der Waals surface area (Å²) in [5.74, 6) is -0.616. The number of ketones is 1. The number of Topliss-reactive ketones (excluding diaryl/α,β-unsaturated/α-hetero) is 1. The molecule has 0 aromatic heterocycles. The molecule has 0 aliphatic rings. The Kier molecular flexibility index (Phi) is 6.28. The van der Waals surface area contributed by atoms with Crippen LogP contribution in [0.2, 0.25) is 0 Å². The minimum atomic E-state index is -0.601. The number of nitrogens with one attached hydrogen (secondary N) is 1. The van der Waals surface area contributed by atoms with Crippen LogP contribution >= 0.6 is 0 Å². The van der Waals surface area contributed by atoms with Gasteiger partial charge in [0.1, 0.15) is 5.75 Å². The van der Waals surface area contributed by atoms with Crippen molar-refractivity contribution in [2.75, 3.05) is 6.61 Å². The third-order valence-electron chi connectivity index (χ3n) is 3.62. The lowest BCUT2D eigenvalue weighted by atomic mass is 10.0. The average Bonchev–Trinajstić information content (AvgIpc) is 2.60. The topological polar surface area (TPSA) is 98.5 Å². The van der Waals surface area contributed by atoms with E-state index in [4.69, 9.17) is 10.5 Å². The summed E-state index contributed by atoms with van der Waals surface area (Å²) in [4.78, 5) is 34.8. The molecular formula is C19H20N2O4. The lowest BCUT2D eigenvalue weighted by molar-refractivity contribution is -0.128. The molecule has 6 heteroatoms. The van der Waals surface area contributed by atoms with Gasteiger partial charge in [0.05, 0.1) is 6.04 Å². The highest BCUT2D eigenvalue weighted by Gasteiger charge is 2.17. The number of primary amides is 1. The lowest BCUT2D eigenvalue weighted by Gasteiger charge is -2.16. The predicted octanol–water partition coefficient (Wildman–Crippen LogP) is 1.48. The summed E-state index contributed by atoms with van der Waals surface area (Å²) in [6.07, 6.45) is 0.426. The summed E-state index contributed by atoms with van der Waals surface area (Å²) < 4.78 is 5.36. The fourth-order valence-corrected chi connectivity index (χ4v) is 2.25. The molecule has 2 rings (SSSR count). The maximum atomic E-state index is 12.0. The lowest BCUT2D eigenvalue weighted by Crippen LogP contribution is -2.43. The Hall–Kier alpha value is -3.15. The molecule has 2 aromatic rings. The van der Waals surface area contributed by atoms with Crippen molar-refractivity contribution in [3.8, 4) is 5.75 Å². The van der Waals surface area contributed by atoms with E-state index < -0.39 is 17.9 Å². The summed E-state index contributed by atoms with van der Waals surface area (Å²) in [6.45, 7) is 1.21. The Morgan fingerprint density at radius 3 is 2.24 bits per heavy atom. The van der Waals surface area contributed by atoms with Gasteiger partial charge in [0.15, 0.2) is 12.4 Å². The van der Waals surface area contributed by atoms with Crippen LogP contribution in [0.1, 0.15) is 22.8 Å². The first-order valence-electron chi connectivity index (χ1n) is 7.82. The van der Waals surface area contributed by atoms with Crippen LogP contribution in [-0.4, -0.2) is 30.2 Å². The number of carbonyl (C=O) groups is 3. The second kappa shape index (κ2) is 8.63. The van der Waals surface area contributed by atoms with Crippen molar-refractivity contribution in [1.29, 1.82) is 0 Å². The minimum absolute atomic E-state index is 0.122. The molecule has 0 bridgehead atoms. The highest BCUT2D eigenvalue weighted by Crippen LogP contribution is 2.11. The molecule has 25 heavy (non-hydrogen) atoms. The van der Waals surface area contributed by atoms with Crippen LogP contribution in [0.15, 0.2) is 54.6 Å². The Labute approximate surface area is 146 Å². The van der Waals surface area contributed by atoms with Gasteiger partial charge in [-0.3, -0.25) is 14.4 Å². The molecule has 1 atom stereocenters. The van der Waals surface area contributed by atoms with Gasteiger partial charge in [-0.05, 0) is 43.2 Å². The molecule has 0 aliphatic heterocycles. The van der Waals surface area contributed by atoms with Gasteiger partial charge >= 0.3 is 0 Å². The van der Waals surface area contributed by atoms with Crippen molar-refractivity contribution in [3.63, 3.8) is 0 Å². The number of nitrogens with two attached hydrogens (primary N) is 1. The van der Waals surface area contributed by atoms with E-state index in [-0.39, 0.29) is 12.4 Å². The van der Waals surface area contributed by atoms with Crippen LogP contribution in [-0.2, 0) is 16.0 Å². The minimum Gasteiger partial charge on any atom is -0.484 e. The number of carbonyl (C=O) groups excluding carboxylic acids is 3. The normalized spacial score (nSPS) is 11.4. The Morgan fingerprint density at radius 1 is 1.04 bits per heavy atom. The van der Waals surface area contributed by atoms with Gasteiger partial charge in [-0.1, -0.05) is 30.3 Å². The van der Waals surface area contributed by atoms with Gasteiger partial charge in [-0.25, -0.2) is 0 Å². The number of ether oxygens (including phenoxy) is 1. The van der Waals surface area contributed by atoms with Crippen molar-refractivity contribution in [3.05, 3.63) is 65.7 Å². The zero-order valence-electron chi connectivity index (χ0n) is 13.9. The smallest absolute Gasteiger partial charge is 0.258 e. The molecule has 0 saturated heterocycles. The third kappa shape index (κ3) is 5.76. The monoisotopic (exact) mass is 340 g/mol. The summed E-state index contributed by atoms with van der Waals surface area (Å²) in [6, 6.07) is 15.0. The first-order chi connectivity index (χ1) is 12.0. The van der Waals surface area contributed by atoms with E-state index >= 15 is 0 Å². The Bertz CT molecular complexity index is 742. The standard InChI is InChI=1S/C19H20N2O4/c1-13(22)17(11-14-5-3-2-4-6-14)21-18(23)12-25-16-9-7-15(8-10-16)19(20)24/h2-10,17H,11-12H2,1H3,(H2,20,24)(H,21,23)/t17-/m1/s1. The van der Waals surface area contributed by atoms with Crippen LogP contribution in [0.3, 0.4) is 0 Å². The van der Waals surface area contributed by atoms with Gasteiger partial charge in [-0.2, -0.15) is 0 Å². The number of amides is 2. The third-order valence-corrected chi connectivity index (χ3v) is 3.62. The highest BCUT2D eigenvalue weighted by atomic mass is 16.5. The summed E-state index contributed by atoms with van der Waals surface area (Å²) in [7, 11) is 0. The Balaban J connectivity index is 1.88. The molecule has 2 amide bonds. The van der Waals surface area contributed by atoms with Crippen molar-refractivity contribution < 1.29 is 19.1 Å². The predicted molar refractivity (Wildman–Crippen MR) is 93.2 cm³/mol. The van der Waals surface area contributed by atoms with E-state index in [2.05, 4.69) is 5.32 Å². The maximum Gasteiger partial charge on any atom is 0.258 e. The van der Waals surface area contributed by atoms with E-state index in [1.54, 1.807) is 12.1 Å². The molecule has 0 spiro atoms. The van der Waals surface area contributed by atoms with E-state index in [9.17, 15) is 14.4 Å². The summed E-state index contributed by atoms with van der Waals surface area (Å²) in [5.41, 5.74) is 6.48. The van der Waals surface area contributed by atoms with E-state index in [0.29, 0.717) is 17.7 Å². The number of rotatable bonds is 8. The van der Waals surface area contributed by atoms with Crippen LogP contribution in [0.25, 0.3) is 0 Å². The quantitative estimate of drug-likeness (QED) is 0.760. The molecule has 0 fully saturated rings. The number of hydrogen-bond donors (Lipinski definition) is 2. The molecule has 0 heterocycles. The SMILES string of the molecule is CC(=O)[C@@H](Cc1ccccc1)NC(=O)COc1ccc(C(N)=O)cc1. The highest BCUT2D eigenvalue weighted by molar-refractivity contribution is 5.92. The molecule has 130 valence electrons. The summed E-state index contributed by atoms with van der Waals surface area (Å²) >= 11 is 0. The molecule has 0 aliphatic carbocycles. The van der Waals surface area contributed by atoms with Crippen molar-refractivity contribution >= 4 is 17.6 Å². The zero-order valence-corrected chi connectivity index (χ0v) is 13.9. The van der Waals surface area contributed by atoms with Gasteiger partial charge in [0.25, 0.3) is 5.91 Å². The molecule has 6 nitrogen and oxygen atoms in total. The molecule has 0 saturated carbocycles. The second-order valence-corrected chi connectivity index (χ2v) is 5.60. The van der Waals surface area contributed by atoms with E-state index in [1.165, 1.54) is 19.1 Å².